The normalized spacial score (nSPS) is 13.8. The number of nitrogens with zero attached hydrogens (tertiary/aromatic N) is 1. The van der Waals surface area contributed by atoms with Crippen molar-refractivity contribution in [1.82, 2.24) is 10.4 Å². The van der Waals surface area contributed by atoms with Crippen molar-refractivity contribution in [1.29, 1.82) is 0 Å². The molecule has 0 aliphatic carbocycles. The van der Waals surface area contributed by atoms with Crippen LogP contribution in [-0.4, -0.2) is 37.6 Å². The summed E-state index contributed by atoms with van der Waals surface area (Å²) < 4.78 is 18.9. The molecule has 0 saturated heterocycles. The van der Waals surface area contributed by atoms with Crippen molar-refractivity contribution >= 4 is 23.2 Å². The number of ether oxygens (including phenoxy) is 1. The average Bonchev–Trinajstić information content (AvgIpc) is 3.22. The fraction of sp³-hybridized carbons (Fsp3) is 0.308. The topological polar surface area (TPSA) is 67.9 Å². The Bertz CT molecular complexity index is 1170. The van der Waals surface area contributed by atoms with Gasteiger partial charge in [-0.2, -0.15) is 0 Å². The summed E-state index contributed by atoms with van der Waals surface area (Å²) in [6.45, 7) is 3.00. The third-order valence-corrected chi connectivity index (χ3v) is 7.17. The van der Waals surface area contributed by atoms with E-state index in [1.54, 1.807) is 42.6 Å². The predicted octanol–water partition coefficient (Wildman–Crippen LogP) is 4.68. The van der Waals surface area contributed by atoms with E-state index in [0.29, 0.717) is 37.2 Å². The summed E-state index contributed by atoms with van der Waals surface area (Å²) in [6, 6.07) is 13.2. The summed E-state index contributed by atoms with van der Waals surface area (Å²) in [4.78, 5) is 32.7. The lowest BCUT2D eigenvalue weighted by Crippen LogP contribution is -2.29. The molecule has 2 aromatic carbocycles. The van der Waals surface area contributed by atoms with Gasteiger partial charge >= 0.3 is 0 Å². The largest absolute Gasteiger partial charge is 0.376 e. The lowest BCUT2D eigenvalue weighted by atomic mass is 9.99. The molecule has 1 aromatic heterocycles. The maximum atomic E-state index is 13.4. The van der Waals surface area contributed by atoms with Gasteiger partial charge in [-0.05, 0) is 54.3 Å². The van der Waals surface area contributed by atoms with Crippen LogP contribution in [0.1, 0.15) is 60.1 Å². The highest BCUT2D eigenvalue weighted by atomic mass is 32.1. The van der Waals surface area contributed by atoms with Gasteiger partial charge in [0.05, 0.1) is 31.9 Å². The van der Waals surface area contributed by atoms with Crippen molar-refractivity contribution in [2.24, 2.45) is 0 Å². The Morgan fingerprint density at radius 3 is 2.56 bits per heavy atom. The SMILES string of the molecule is CON(C)C(=O)c1ccc([C@H](C)NC(=O)c2c(Cc3ccc(F)cc3)sc3c2CCOC3)cc1. The molecule has 1 aliphatic rings. The van der Waals surface area contributed by atoms with E-state index in [4.69, 9.17) is 9.57 Å². The maximum absolute atomic E-state index is 13.4. The lowest BCUT2D eigenvalue weighted by molar-refractivity contribution is -0.0757. The second-order valence-electron chi connectivity index (χ2n) is 8.21. The van der Waals surface area contributed by atoms with Gasteiger partial charge in [0.15, 0.2) is 0 Å². The van der Waals surface area contributed by atoms with Crippen molar-refractivity contribution in [3.63, 3.8) is 0 Å². The first kappa shape index (κ1) is 24.1. The molecule has 3 aromatic rings. The Labute approximate surface area is 202 Å². The van der Waals surface area contributed by atoms with E-state index in [1.807, 2.05) is 19.1 Å². The monoisotopic (exact) mass is 482 g/mol. The molecule has 8 heteroatoms. The van der Waals surface area contributed by atoms with Gasteiger partial charge in [-0.25, -0.2) is 9.45 Å². The van der Waals surface area contributed by atoms with Crippen molar-refractivity contribution in [3.8, 4) is 0 Å². The van der Waals surface area contributed by atoms with Gasteiger partial charge < -0.3 is 10.1 Å². The summed E-state index contributed by atoms with van der Waals surface area (Å²) in [5.41, 5.74) is 4.08. The highest BCUT2D eigenvalue weighted by molar-refractivity contribution is 7.12. The highest BCUT2D eigenvalue weighted by Gasteiger charge is 2.26. The van der Waals surface area contributed by atoms with Crippen molar-refractivity contribution in [3.05, 3.63) is 91.9 Å². The van der Waals surface area contributed by atoms with Crippen LogP contribution in [0.2, 0.25) is 0 Å². The quantitative estimate of drug-likeness (QED) is 0.497. The summed E-state index contributed by atoms with van der Waals surface area (Å²) in [7, 11) is 2.98. The number of fused-ring (bicyclic) bond motifs is 1. The molecule has 2 amide bonds. The molecule has 0 unspecified atom stereocenters. The van der Waals surface area contributed by atoms with Gasteiger partial charge in [-0.15, -0.1) is 11.3 Å². The molecule has 0 fully saturated rings. The molecule has 178 valence electrons. The third kappa shape index (κ3) is 5.19. The molecule has 0 saturated carbocycles. The number of benzene rings is 2. The number of hydrogen-bond acceptors (Lipinski definition) is 5. The van der Waals surface area contributed by atoms with Gasteiger partial charge in [0.2, 0.25) is 0 Å². The minimum atomic E-state index is -0.281. The first-order chi connectivity index (χ1) is 16.4. The standard InChI is InChI=1S/C26H27FN2O4S/c1-16(18-6-8-19(9-7-18)26(31)29(2)32-3)28-25(30)24-21-12-13-33-15-23(21)34-22(24)14-17-4-10-20(27)11-5-17/h4-11,16H,12-15H2,1-3H3,(H,28,30)/t16-/m0/s1. The maximum Gasteiger partial charge on any atom is 0.277 e. The van der Waals surface area contributed by atoms with Crippen LogP contribution in [0.4, 0.5) is 4.39 Å². The number of rotatable bonds is 7. The molecular weight excluding hydrogens is 455 g/mol. The minimum absolute atomic E-state index is 0.136. The van der Waals surface area contributed by atoms with Gasteiger partial charge in [-0.1, -0.05) is 24.3 Å². The van der Waals surface area contributed by atoms with E-state index >= 15 is 0 Å². The van der Waals surface area contributed by atoms with E-state index in [9.17, 15) is 14.0 Å². The smallest absolute Gasteiger partial charge is 0.277 e. The van der Waals surface area contributed by atoms with Crippen molar-refractivity contribution < 1.29 is 23.6 Å². The molecule has 0 radical (unpaired) electrons. The van der Waals surface area contributed by atoms with Crippen molar-refractivity contribution in [2.45, 2.75) is 32.4 Å². The van der Waals surface area contributed by atoms with Crippen LogP contribution in [0.15, 0.2) is 48.5 Å². The van der Waals surface area contributed by atoms with Crippen LogP contribution in [0.25, 0.3) is 0 Å². The molecule has 2 heterocycles. The number of carbonyl (C=O) groups excluding carboxylic acids is 2. The number of hydrogen-bond donors (Lipinski definition) is 1. The molecule has 6 nitrogen and oxygen atoms in total. The first-order valence-corrected chi connectivity index (χ1v) is 11.9. The average molecular weight is 483 g/mol. The van der Waals surface area contributed by atoms with Crippen LogP contribution in [0.3, 0.4) is 0 Å². The number of amides is 2. The number of thiophene rings is 1. The van der Waals surface area contributed by atoms with Crippen LogP contribution in [-0.2, 0) is 29.0 Å². The number of nitrogens with one attached hydrogen (secondary N) is 1. The summed E-state index contributed by atoms with van der Waals surface area (Å²) in [6.07, 6.45) is 1.25. The Hall–Kier alpha value is -3.07. The summed E-state index contributed by atoms with van der Waals surface area (Å²) in [5.74, 6) is -0.664. The molecule has 1 atom stereocenters. The molecule has 0 bridgehead atoms. The van der Waals surface area contributed by atoms with E-state index in [0.717, 1.165) is 31.5 Å². The predicted molar refractivity (Wildman–Crippen MR) is 128 cm³/mol. The number of hydroxylamine groups is 2. The molecular formula is C26H27FN2O4S. The Balaban J connectivity index is 1.54. The van der Waals surface area contributed by atoms with E-state index in [2.05, 4.69) is 5.32 Å². The zero-order chi connectivity index (χ0) is 24.2. The highest BCUT2D eigenvalue weighted by Crippen LogP contribution is 2.34. The van der Waals surface area contributed by atoms with Gasteiger partial charge in [0.25, 0.3) is 11.8 Å². The Kier molecular flexibility index (Phi) is 7.41. The summed E-state index contributed by atoms with van der Waals surface area (Å²) in [5, 5.41) is 4.27. The molecule has 34 heavy (non-hydrogen) atoms. The Morgan fingerprint density at radius 1 is 1.18 bits per heavy atom. The molecule has 4 rings (SSSR count). The van der Waals surface area contributed by atoms with Crippen LogP contribution < -0.4 is 5.32 Å². The zero-order valence-corrected chi connectivity index (χ0v) is 20.2. The summed E-state index contributed by atoms with van der Waals surface area (Å²) >= 11 is 1.59. The van der Waals surface area contributed by atoms with Gasteiger partial charge in [0.1, 0.15) is 5.82 Å². The van der Waals surface area contributed by atoms with Crippen LogP contribution in [0.5, 0.6) is 0 Å². The molecule has 1 aliphatic heterocycles. The molecule has 1 N–H and O–H groups in total. The van der Waals surface area contributed by atoms with Gasteiger partial charge in [-0.3, -0.25) is 14.4 Å². The minimum Gasteiger partial charge on any atom is -0.376 e. The van der Waals surface area contributed by atoms with Crippen LogP contribution in [0, 0.1) is 5.82 Å². The Morgan fingerprint density at radius 2 is 1.88 bits per heavy atom. The molecule has 0 spiro atoms. The van der Waals surface area contributed by atoms with E-state index < -0.39 is 0 Å². The number of carbonyl (C=O) groups is 2. The van der Waals surface area contributed by atoms with E-state index in [1.165, 1.54) is 19.2 Å². The zero-order valence-electron chi connectivity index (χ0n) is 19.4. The van der Waals surface area contributed by atoms with E-state index in [-0.39, 0.29) is 23.7 Å². The lowest BCUT2D eigenvalue weighted by Gasteiger charge is -2.18. The first-order valence-electron chi connectivity index (χ1n) is 11.1. The fourth-order valence-electron chi connectivity index (χ4n) is 4.00. The second kappa shape index (κ2) is 10.5. The third-order valence-electron chi connectivity index (χ3n) is 5.96. The van der Waals surface area contributed by atoms with Gasteiger partial charge in [0, 0.05) is 28.8 Å². The van der Waals surface area contributed by atoms with Crippen molar-refractivity contribution in [2.75, 3.05) is 20.8 Å². The fourth-order valence-corrected chi connectivity index (χ4v) is 5.32. The second-order valence-corrected chi connectivity index (χ2v) is 9.40. The van der Waals surface area contributed by atoms with Crippen LogP contribution >= 0.6 is 11.3 Å². The number of halogens is 1.